The number of carbonyl (C=O) groups excluding carboxylic acids is 4. The Labute approximate surface area is 166 Å². The molecule has 4 rings (SSSR count). The van der Waals surface area contributed by atoms with E-state index >= 15 is 0 Å². The van der Waals surface area contributed by atoms with Crippen LogP contribution in [0, 0.1) is 5.92 Å². The van der Waals surface area contributed by atoms with Crippen LogP contribution in [0.3, 0.4) is 0 Å². The van der Waals surface area contributed by atoms with E-state index in [1.54, 1.807) is 11.8 Å². The van der Waals surface area contributed by atoms with Gasteiger partial charge in [0.15, 0.2) is 5.72 Å². The SMILES string of the molecule is CCOC(=O)N1C2CN3C4=C(C(=O)C(N)=C(C)C4=O)[C@@H](COC(N)=O)[C@@]3(OC)C21. The maximum atomic E-state index is 13.0. The lowest BCUT2D eigenvalue weighted by atomic mass is 9.82. The van der Waals surface area contributed by atoms with Crippen LogP contribution in [0.4, 0.5) is 9.59 Å². The molecular weight excluding hydrogens is 384 g/mol. The van der Waals surface area contributed by atoms with Crippen LogP contribution in [0.1, 0.15) is 13.8 Å². The number of primary amides is 1. The van der Waals surface area contributed by atoms with Crippen molar-refractivity contribution in [3.05, 3.63) is 22.5 Å². The molecule has 3 heterocycles. The summed E-state index contributed by atoms with van der Waals surface area (Å²) < 4.78 is 16.0. The van der Waals surface area contributed by atoms with Crippen LogP contribution < -0.4 is 11.5 Å². The van der Waals surface area contributed by atoms with Crippen LogP contribution >= 0.6 is 0 Å². The zero-order valence-electron chi connectivity index (χ0n) is 16.3. The lowest BCUT2D eigenvalue weighted by molar-refractivity contribution is -0.144. The van der Waals surface area contributed by atoms with Gasteiger partial charge < -0.3 is 30.6 Å². The van der Waals surface area contributed by atoms with E-state index in [4.69, 9.17) is 25.7 Å². The molecule has 2 amide bonds. The predicted molar refractivity (Wildman–Crippen MR) is 95.8 cm³/mol. The van der Waals surface area contributed by atoms with Crippen molar-refractivity contribution >= 4 is 23.8 Å². The molecule has 0 saturated carbocycles. The fourth-order valence-electron chi connectivity index (χ4n) is 4.92. The van der Waals surface area contributed by atoms with E-state index in [2.05, 4.69) is 0 Å². The highest BCUT2D eigenvalue weighted by atomic mass is 16.6. The van der Waals surface area contributed by atoms with E-state index in [-0.39, 0.29) is 54.1 Å². The van der Waals surface area contributed by atoms with E-state index in [1.807, 2.05) is 0 Å². The monoisotopic (exact) mass is 406 g/mol. The normalized spacial score (nSPS) is 32.3. The van der Waals surface area contributed by atoms with Gasteiger partial charge in [-0.25, -0.2) is 9.59 Å². The second-order valence-electron chi connectivity index (χ2n) is 7.33. The second kappa shape index (κ2) is 6.21. The summed E-state index contributed by atoms with van der Waals surface area (Å²) in [4.78, 5) is 52.8. The maximum absolute atomic E-state index is 13.0. The molecule has 11 heteroatoms. The Morgan fingerprint density at radius 2 is 1.93 bits per heavy atom. The molecule has 11 nitrogen and oxygen atoms in total. The zero-order valence-corrected chi connectivity index (χ0v) is 16.3. The third-order valence-electron chi connectivity index (χ3n) is 6.17. The summed E-state index contributed by atoms with van der Waals surface area (Å²) in [5.41, 5.74) is 10.0. The van der Waals surface area contributed by atoms with Crippen molar-refractivity contribution in [2.45, 2.75) is 31.7 Å². The second-order valence-corrected chi connectivity index (χ2v) is 7.33. The molecule has 0 bridgehead atoms. The van der Waals surface area contributed by atoms with Gasteiger partial charge in [0.05, 0.1) is 30.0 Å². The van der Waals surface area contributed by atoms with Crippen molar-refractivity contribution in [1.29, 1.82) is 0 Å². The average molecular weight is 406 g/mol. The van der Waals surface area contributed by atoms with Crippen LogP contribution in [0.25, 0.3) is 0 Å². The van der Waals surface area contributed by atoms with Gasteiger partial charge in [0, 0.05) is 24.8 Å². The number of amides is 2. The molecular formula is C18H22N4O7. The molecule has 0 aromatic rings. The summed E-state index contributed by atoms with van der Waals surface area (Å²) in [6.45, 7) is 3.36. The predicted octanol–water partition coefficient (Wildman–Crippen LogP) is -0.782. The first kappa shape index (κ1) is 19.2. The number of rotatable bonds is 4. The minimum Gasteiger partial charge on any atom is -0.450 e. The highest BCUT2D eigenvalue weighted by molar-refractivity contribution is 6.25. The number of hydrogen-bond acceptors (Lipinski definition) is 9. The third-order valence-corrected chi connectivity index (χ3v) is 6.17. The minimum absolute atomic E-state index is 0.121. The number of ether oxygens (including phenoxy) is 3. The average Bonchev–Trinajstić information content (AvgIpc) is 3.19. The smallest absolute Gasteiger partial charge is 0.410 e. The molecule has 4 atom stereocenters. The van der Waals surface area contributed by atoms with E-state index in [9.17, 15) is 19.2 Å². The van der Waals surface area contributed by atoms with Gasteiger partial charge in [0.1, 0.15) is 12.6 Å². The van der Waals surface area contributed by atoms with Gasteiger partial charge in [0.25, 0.3) is 0 Å². The highest BCUT2D eigenvalue weighted by Gasteiger charge is 2.78. The molecule has 0 aromatic carbocycles. The van der Waals surface area contributed by atoms with Crippen molar-refractivity contribution in [3.63, 3.8) is 0 Å². The largest absolute Gasteiger partial charge is 0.450 e. The minimum atomic E-state index is -1.27. The summed E-state index contributed by atoms with van der Waals surface area (Å²) >= 11 is 0. The Balaban J connectivity index is 1.79. The Hall–Kier alpha value is -3.08. The van der Waals surface area contributed by atoms with Gasteiger partial charge in [-0.05, 0) is 13.8 Å². The van der Waals surface area contributed by atoms with Crippen molar-refractivity contribution in [2.24, 2.45) is 17.4 Å². The first-order chi connectivity index (χ1) is 13.7. The molecule has 2 fully saturated rings. The Kier molecular flexibility index (Phi) is 4.12. The lowest BCUT2D eigenvalue weighted by Crippen LogP contribution is -2.56. The molecule has 3 aliphatic heterocycles. The van der Waals surface area contributed by atoms with Gasteiger partial charge >= 0.3 is 12.2 Å². The lowest BCUT2D eigenvalue weighted by Gasteiger charge is -2.40. The molecule has 0 radical (unpaired) electrons. The van der Waals surface area contributed by atoms with E-state index in [0.29, 0.717) is 0 Å². The molecule has 0 spiro atoms. The van der Waals surface area contributed by atoms with Crippen LogP contribution in [0.2, 0.25) is 0 Å². The summed E-state index contributed by atoms with van der Waals surface area (Å²) in [5.74, 6) is -1.75. The first-order valence-electron chi connectivity index (χ1n) is 9.22. The molecule has 2 unspecified atom stereocenters. The van der Waals surface area contributed by atoms with Crippen LogP contribution in [0.5, 0.6) is 0 Å². The van der Waals surface area contributed by atoms with Gasteiger partial charge in [-0.1, -0.05) is 0 Å². The fraction of sp³-hybridized carbons (Fsp3) is 0.556. The van der Waals surface area contributed by atoms with Gasteiger partial charge in [0.2, 0.25) is 11.6 Å². The number of nitrogens with zero attached hydrogens (tertiary/aromatic N) is 2. The highest BCUT2D eigenvalue weighted by Crippen LogP contribution is 2.59. The number of Topliss-reactive ketones (excluding diaryl/α,β-unsaturated/α-hetero) is 2. The first-order valence-corrected chi connectivity index (χ1v) is 9.22. The zero-order chi connectivity index (χ0) is 21.2. The van der Waals surface area contributed by atoms with Gasteiger partial charge in [-0.3, -0.25) is 14.5 Å². The third kappa shape index (κ3) is 2.27. The van der Waals surface area contributed by atoms with Crippen molar-refractivity contribution < 1.29 is 33.4 Å². The number of hydrogen-bond donors (Lipinski definition) is 2. The van der Waals surface area contributed by atoms with E-state index in [1.165, 1.54) is 18.9 Å². The van der Waals surface area contributed by atoms with Crippen LogP contribution in [-0.4, -0.2) is 78.2 Å². The summed E-state index contributed by atoms with van der Waals surface area (Å²) in [6.07, 6.45) is -1.54. The summed E-state index contributed by atoms with van der Waals surface area (Å²) in [7, 11) is 1.42. The molecule has 156 valence electrons. The Bertz CT molecular complexity index is 910. The molecule has 29 heavy (non-hydrogen) atoms. The quantitative estimate of drug-likeness (QED) is 0.452. The molecule has 1 aliphatic carbocycles. The summed E-state index contributed by atoms with van der Waals surface area (Å²) in [6, 6.07) is -0.744. The van der Waals surface area contributed by atoms with Crippen molar-refractivity contribution in [3.8, 4) is 0 Å². The van der Waals surface area contributed by atoms with Crippen LogP contribution in [0.15, 0.2) is 22.5 Å². The molecule has 0 aromatic heterocycles. The fourth-order valence-corrected chi connectivity index (χ4v) is 4.92. The van der Waals surface area contributed by atoms with Crippen molar-refractivity contribution in [2.75, 3.05) is 26.9 Å². The number of fused-ring (bicyclic) bond motifs is 4. The summed E-state index contributed by atoms with van der Waals surface area (Å²) in [5, 5.41) is 0. The number of nitrogens with two attached hydrogens (primary N) is 2. The molecule has 2 saturated heterocycles. The number of ketones is 2. The number of methoxy groups -OCH3 is 1. The standard InChI is InChI=1S/C18H22N4O7/c1-4-28-17(26)22-9-5-21-12-10(14(24)11(19)7(2)13(12)23)8(6-29-16(20)25)18(21,27-3)15(9)22/h8-9,15H,4-6,19H2,1-3H3,(H2,20,25)/t8-,9?,15?,18-,22?/m1/s1. The molecule has 4 N–H and O–H groups in total. The molecule has 4 aliphatic rings. The van der Waals surface area contributed by atoms with E-state index in [0.717, 1.165) is 0 Å². The maximum Gasteiger partial charge on any atom is 0.410 e. The van der Waals surface area contributed by atoms with Gasteiger partial charge in [-0.15, -0.1) is 0 Å². The Morgan fingerprint density at radius 1 is 1.24 bits per heavy atom. The van der Waals surface area contributed by atoms with Crippen molar-refractivity contribution in [1.82, 2.24) is 9.80 Å². The van der Waals surface area contributed by atoms with Crippen LogP contribution in [-0.2, 0) is 23.8 Å². The number of allylic oxidation sites excluding steroid dienone is 2. The number of carbonyl (C=O) groups is 4. The number of piperazine rings is 1. The topological polar surface area (TPSA) is 154 Å². The Morgan fingerprint density at radius 3 is 2.52 bits per heavy atom. The van der Waals surface area contributed by atoms with E-state index < -0.39 is 35.7 Å². The van der Waals surface area contributed by atoms with Gasteiger partial charge in [-0.2, -0.15) is 0 Å².